The number of nitrogens with one attached hydrogen (secondary N) is 1. The van der Waals surface area contributed by atoms with Crippen molar-refractivity contribution in [3.05, 3.63) is 90.5 Å². The fourth-order valence-electron chi connectivity index (χ4n) is 2.74. The summed E-state index contributed by atoms with van der Waals surface area (Å²) in [6.45, 7) is 0. The van der Waals surface area contributed by atoms with E-state index in [4.69, 9.17) is 18.8 Å². The Morgan fingerprint density at radius 2 is 1.13 bits per heavy atom. The first-order valence-electron chi connectivity index (χ1n) is 8.90. The molecule has 0 radical (unpaired) electrons. The molecule has 3 aromatic carbocycles. The summed E-state index contributed by atoms with van der Waals surface area (Å²) in [4.78, 5) is 17.9. The summed E-state index contributed by atoms with van der Waals surface area (Å²) in [5, 5.41) is 2.96. The first-order valence-corrected chi connectivity index (χ1v) is 12.0. The molecule has 3 N–H and O–H groups in total. The Morgan fingerprint density at radius 3 is 1.53 bits per heavy atom. The molecule has 0 saturated heterocycles. The SMILES string of the molecule is CNC(c1ccc(OP(=O)(O)O)cc1)P(=O)(Oc1ccccc1)Oc1ccccc1. The molecule has 0 bridgehead atoms. The number of phosphoric acid groups is 1. The predicted molar refractivity (Wildman–Crippen MR) is 113 cm³/mol. The van der Waals surface area contributed by atoms with Crippen molar-refractivity contribution in [2.45, 2.75) is 5.78 Å². The maximum absolute atomic E-state index is 13.9. The van der Waals surface area contributed by atoms with Crippen LogP contribution in [0.15, 0.2) is 84.9 Å². The lowest BCUT2D eigenvalue weighted by Gasteiger charge is -2.27. The van der Waals surface area contributed by atoms with Gasteiger partial charge in [-0.15, -0.1) is 0 Å². The summed E-state index contributed by atoms with van der Waals surface area (Å²) in [5.74, 6) is -0.149. The van der Waals surface area contributed by atoms with Crippen molar-refractivity contribution in [2.75, 3.05) is 7.05 Å². The van der Waals surface area contributed by atoms with Crippen LogP contribution in [0.4, 0.5) is 0 Å². The first-order chi connectivity index (χ1) is 14.3. The van der Waals surface area contributed by atoms with Crippen LogP contribution >= 0.6 is 15.4 Å². The maximum atomic E-state index is 13.9. The second kappa shape index (κ2) is 9.47. The highest BCUT2D eigenvalue weighted by Gasteiger charge is 2.40. The van der Waals surface area contributed by atoms with Crippen LogP contribution in [0.25, 0.3) is 0 Å². The van der Waals surface area contributed by atoms with Gasteiger partial charge in [0.15, 0.2) is 5.78 Å². The van der Waals surface area contributed by atoms with Crippen LogP contribution < -0.4 is 18.9 Å². The Kier molecular flexibility index (Phi) is 6.98. The van der Waals surface area contributed by atoms with Crippen LogP contribution in [-0.4, -0.2) is 16.8 Å². The molecule has 0 amide bonds. The molecule has 1 unspecified atom stereocenters. The van der Waals surface area contributed by atoms with Crippen LogP contribution in [-0.2, 0) is 9.13 Å². The average molecular weight is 449 g/mol. The summed E-state index contributed by atoms with van der Waals surface area (Å²) >= 11 is 0. The summed E-state index contributed by atoms with van der Waals surface area (Å²) in [7, 11) is -6.92. The van der Waals surface area contributed by atoms with E-state index in [0.29, 0.717) is 17.1 Å². The summed E-state index contributed by atoms with van der Waals surface area (Å²) < 4.78 is 41.2. The Balaban J connectivity index is 1.95. The predicted octanol–water partition coefficient (Wildman–Crippen LogP) is 4.73. The zero-order chi connectivity index (χ0) is 21.6. The van der Waals surface area contributed by atoms with Crippen LogP contribution in [0.1, 0.15) is 11.3 Å². The highest BCUT2D eigenvalue weighted by atomic mass is 31.2. The van der Waals surface area contributed by atoms with Gasteiger partial charge < -0.3 is 18.9 Å². The Morgan fingerprint density at radius 1 is 0.700 bits per heavy atom. The topological polar surface area (TPSA) is 114 Å². The molecule has 158 valence electrons. The minimum atomic E-state index is -4.68. The van der Waals surface area contributed by atoms with E-state index >= 15 is 0 Å². The van der Waals surface area contributed by atoms with Crippen molar-refractivity contribution >= 4 is 15.4 Å². The Hall–Kier alpha value is -2.60. The molecule has 1 atom stereocenters. The van der Waals surface area contributed by atoms with E-state index in [1.54, 1.807) is 55.6 Å². The average Bonchev–Trinajstić information content (AvgIpc) is 2.70. The number of hydrogen-bond acceptors (Lipinski definition) is 6. The van der Waals surface area contributed by atoms with E-state index in [1.807, 2.05) is 12.1 Å². The van der Waals surface area contributed by atoms with Crippen molar-refractivity contribution in [2.24, 2.45) is 0 Å². The van der Waals surface area contributed by atoms with Crippen molar-refractivity contribution in [1.29, 1.82) is 0 Å². The lowest BCUT2D eigenvalue weighted by molar-refractivity contribution is 0.283. The lowest BCUT2D eigenvalue weighted by Crippen LogP contribution is -2.22. The zero-order valence-electron chi connectivity index (χ0n) is 16.0. The summed E-state index contributed by atoms with van der Waals surface area (Å²) in [6, 6.07) is 23.1. The number of phosphoric ester groups is 1. The highest BCUT2D eigenvalue weighted by molar-refractivity contribution is 7.55. The third kappa shape index (κ3) is 5.95. The zero-order valence-corrected chi connectivity index (χ0v) is 17.8. The molecule has 0 aromatic heterocycles. The number of para-hydroxylation sites is 2. The van der Waals surface area contributed by atoms with Crippen LogP contribution in [0.5, 0.6) is 17.2 Å². The molecule has 0 aliphatic heterocycles. The fourth-order valence-corrected chi connectivity index (χ4v) is 5.07. The van der Waals surface area contributed by atoms with Crippen molar-refractivity contribution < 1.29 is 32.5 Å². The molecule has 0 saturated carbocycles. The standard InChI is InChI=1S/C20H21NO7P2/c1-21-20(16-12-14-19(15-13-16)28-30(23,24)25)29(22,26-17-8-4-2-5-9-17)27-18-10-6-3-7-11-18/h2-15,20-21H,1H3,(H2,23,24,25). The van der Waals surface area contributed by atoms with Gasteiger partial charge in [0.05, 0.1) is 0 Å². The van der Waals surface area contributed by atoms with Gasteiger partial charge >= 0.3 is 15.4 Å². The molecule has 0 heterocycles. The summed E-state index contributed by atoms with van der Waals surface area (Å²) in [6.07, 6.45) is 0. The van der Waals surface area contributed by atoms with Gasteiger partial charge in [-0.1, -0.05) is 48.5 Å². The molecular formula is C20H21NO7P2. The molecule has 10 heteroatoms. The van der Waals surface area contributed by atoms with Crippen LogP contribution in [0.3, 0.4) is 0 Å². The van der Waals surface area contributed by atoms with Gasteiger partial charge in [0.1, 0.15) is 17.2 Å². The number of rotatable bonds is 9. The third-order valence-electron chi connectivity index (χ3n) is 3.96. The van der Waals surface area contributed by atoms with Gasteiger partial charge in [-0.05, 0) is 49.0 Å². The van der Waals surface area contributed by atoms with E-state index < -0.39 is 21.2 Å². The van der Waals surface area contributed by atoms with Gasteiger partial charge in [0.25, 0.3) is 0 Å². The molecule has 30 heavy (non-hydrogen) atoms. The van der Waals surface area contributed by atoms with Crippen LogP contribution in [0, 0.1) is 0 Å². The quantitative estimate of drug-likeness (QED) is 0.402. The van der Waals surface area contributed by atoms with Gasteiger partial charge in [-0.25, -0.2) is 9.13 Å². The smallest absolute Gasteiger partial charge is 0.415 e. The Labute approximate surface area is 174 Å². The van der Waals surface area contributed by atoms with Crippen molar-refractivity contribution in [3.8, 4) is 17.2 Å². The number of benzene rings is 3. The van der Waals surface area contributed by atoms with Crippen LogP contribution in [0.2, 0.25) is 0 Å². The van der Waals surface area contributed by atoms with Crippen molar-refractivity contribution in [3.63, 3.8) is 0 Å². The second-order valence-electron chi connectivity index (χ2n) is 6.19. The van der Waals surface area contributed by atoms with Crippen molar-refractivity contribution in [1.82, 2.24) is 5.32 Å². The molecule has 0 aliphatic carbocycles. The monoisotopic (exact) mass is 449 g/mol. The maximum Gasteiger partial charge on any atom is 0.524 e. The van der Waals surface area contributed by atoms with Gasteiger partial charge in [-0.2, -0.15) is 0 Å². The molecule has 0 fully saturated rings. The lowest BCUT2D eigenvalue weighted by atomic mass is 10.2. The highest BCUT2D eigenvalue weighted by Crippen LogP contribution is 2.58. The van der Waals surface area contributed by atoms with E-state index in [2.05, 4.69) is 9.84 Å². The third-order valence-corrected chi connectivity index (χ3v) is 6.53. The van der Waals surface area contributed by atoms with E-state index in [1.165, 1.54) is 24.3 Å². The summed E-state index contributed by atoms with van der Waals surface area (Å²) in [5.41, 5.74) is 0.519. The van der Waals surface area contributed by atoms with Gasteiger partial charge in [0.2, 0.25) is 0 Å². The molecule has 3 rings (SSSR count). The minimum Gasteiger partial charge on any atom is -0.415 e. The molecule has 8 nitrogen and oxygen atoms in total. The second-order valence-corrected chi connectivity index (χ2v) is 9.32. The van der Waals surface area contributed by atoms with E-state index in [0.717, 1.165) is 0 Å². The molecule has 3 aromatic rings. The Bertz CT molecular complexity index is 994. The largest absolute Gasteiger partial charge is 0.524 e. The fraction of sp³-hybridized carbons (Fsp3) is 0.100. The normalized spacial score (nSPS) is 12.8. The first kappa shape index (κ1) is 22.1. The minimum absolute atomic E-state index is 0.0234. The molecular weight excluding hydrogens is 428 g/mol. The molecule has 0 spiro atoms. The van der Waals surface area contributed by atoms with E-state index in [-0.39, 0.29) is 5.75 Å². The number of hydrogen-bond donors (Lipinski definition) is 3. The van der Waals surface area contributed by atoms with Gasteiger partial charge in [-0.3, -0.25) is 9.79 Å². The van der Waals surface area contributed by atoms with E-state index in [9.17, 15) is 9.13 Å². The van der Waals surface area contributed by atoms with Gasteiger partial charge in [0, 0.05) is 0 Å². The molecule has 0 aliphatic rings.